The van der Waals surface area contributed by atoms with Crippen molar-refractivity contribution < 1.29 is 33.4 Å². The molecule has 0 bridgehead atoms. The second-order valence-electron chi connectivity index (χ2n) is 8.91. The Morgan fingerprint density at radius 1 is 1.19 bits per heavy atom. The normalized spacial score (nSPS) is 20.6. The van der Waals surface area contributed by atoms with Crippen molar-refractivity contribution in [2.75, 3.05) is 7.11 Å². The van der Waals surface area contributed by atoms with E-state index in [1.165, 1.54) is 7.11 Å². The van der Waals surface area contributed by atoms with E-state index in [0.29, 0.717) is 12.8 Å². The van der Waals surface area contributed by atoms with Crippen molar-refractivity contribution in [3.05, 3.63) is 47.5 Å². The number of methoxy groups -OCH3 is 1. The molecular formula is C23H28N2O7. The van der Waals surface area contributed by atoms with Crippen LogP contribution in [0.1, 0.15) is 45.6 Å². The van der Waals surface area contributed by atoms with E-state index in [1.807, 2.05) is 30.3 Å². The Morgan fingerprint density at radius 3 is 2.41 bits per heavy atom. The average Bonchev–Trinajstić information content (AvgIpc) is 3.40. The Hall–Kier alpha value is -3.36. The van der Waals surface area contributed by atoms with E-state index in [4.69, 9.17) is 14.2 Å². The van der Waals surface area contributed by atoms with Crippen LogP contribution in [0, 0.1) is 0 Å². The molecular weight excluding hydrogens is 416 g/mol. The monoisotopic (exact) mass is 444 g/mol. The molecule has 3 rings (SSSR count). The highest BCUT2D eigenvalue weighted by molar-refractivity contribution is 6.09. The first-order valence-electron chi connectivity index (χ1n) is 10.4. The van der Waals surface area contributed by atoms with Gasteiger partial charge in [0.1, 0.15) is 18.2 Å². The summed E-state index contributed by atoms with van der Waals surface area (Å²) in [5, 5.41) is 2.78. The topological polar surface area (TPSA) is 111 Å². The summed E-state index contributed by atoms with van der Waals surface area (Å²) in [6.07, 6.45) is 1.29. The standard InChI is InChI=1S/C23H28N2O7/c1-22(2,3)32-21(29)25-17(19(27)30-4)12-16(18(25)26)13-23(10-11-23)24-20(28)31-14-15-8-6-5-7-9-15/h5-9,13,17H,10-12,14H2,1-4H3,(H,24,28)/b16-13+/t17-/m0/s1. The Bertz CT molecular complexity index is 929. The van der Waals surface area contributed by atoms with Crippen LogP contribution >= 0.6 is 0 Å². The summed E-state index contributed by atoms with van der Waals surface area (Å²) >= 11 is 0. The van der Waals surface area contributed by atoms with Crippen LogP contribution < -0.4 is 5.32 Å². The lowest BCUT2D eigenvalue weighted by Gasteiger charge is -2.25. The summed E-state index contributed by atoms with van der Waals surface area (Å²) in [6, 6.07) is 8.14. The third-order valence-electron chi connectivity index (χ3n) is 5.08. The van der Waals surface area contributed by atoms with Gasteiger partial charge in [0.05, 0.1) is 12.6 Å². The molecule has 1 aromatic rings. The third kappa shape index (κ3) is 5.66. The summed E-state index contributed by atoms with van der Waals surface area (Å²) in [4.78, 5) is 50.8. The summed E-state index contributed by atoms with van der Waals surface area (Å²) < 4.78 is 15.3. The number of ether oxygens (including phenoxy) is 3. The molecule has 9 heteroatoms. The van der Waals surface area contributed by atoms with E-state index in [0.717, 1.165) is 10.5 Å². The number of esters is 1. The second kappa shape index (κ2) is 9.02. The van der Waals surface area contributed by atoms with Crippen LogP contribution in [0.15, 0.2) is 42.0 Å². The van der Waals surface area contributed by atoms with Crippen LogP contribution in [-0.4, -0.2) is 53.3 Å². The maximum Gasteiger partial charge on any atom is 0.418 e. The fourth-order valence-electron chi connectivity index (χ4n) is 3.39. The minimum atomic E-state index is -1.12. The van der Waals surface area contributed by atoms with Crippen molar-refractivity contribution in [3.8, 4) is 0 Å². The van der Waals surface area contributed by atoms with Gasteiger partial charge in [-0.25, -0.2) is 19.3 Å². The van der Waals surface area contributed by atoms with Crippen LogP contribution in [-0.2, 0) is 30.4 Å². The molecule has 1 heterocycles. The van der Waals surface area contributed by atoms with E-state index in [1.54, 1.807) is 26.8 Å². The number of alkyl carbamates (subject to hydrolysis) is 1. The molecule has 9 nitrogen and oxygen atoms in total. The maximum atomic E-state index is 13.0. The van der Waals surface area contributed by atoms with Gasteiger partial charge in [0.2, 0.25) is 0 Å². The summed E-state index contributed by atoms with van der Waals surface area (Å²) in [6.45, 7) is 5.12. The van der Waals surface area contributed by atoms with Crippen LogP contribution in [0.2, 0.25) is 0 Å². The van der Waals surface area contributed by atoms with Crippen molar-refractivity contribution in [2.45, 2.75) is 63.8 Å². The van der Waals surface area contributed by atoms with Crippen LogP contribution in [0.3, 0.4) is 0 Å². The Balaban J connectivity index is 1.71. The molecule has 0 radical (unpaired) electrons. The number of benzene rings is 1. The van der Waals surface area contributed by atoms with Gasteiger partial charge in [0.15, 0.2) is 0 Å². The van der Waals surface area contributed by atoms with Crippen LogP contribution in [0.25, 0.3) is 0 Å². The van der Waals surface area contributed by atoms with Crippen molar-refractivity contribution in [1.82, 2.24) is 10.2 Å². The molecule has 32 heavy (non-hydrogen) atoms. The summed E-state index contributed by atoms with van der Waals surface area (Å²) in [7, 11) is 1.19. The maximum absolute atomic E-state index is 13.0. The molecule has 1 aromatic carbocycles. The Kier molecular flexibility index (Phi) is 6.57. The molecule has 1 aliphatic heterocycles. The number of imide groups is 1. The molecule has 1 saturated carbocycles. The number of rotatable bonds is 5. The number of amides is 3. The van der Waals surface area contributed by atoms with Crippen molar-refractivity contribution >= 4 is 24.1 Å². The zero-order chi connectivity index (χ0) is 23.5. The predicted molar refractivity (Wildman–Crippen MR) is 113 cm³/mol. The highest BCUT2D eigenvalue weighted by atomic mass is 16.6. The Labute approximate surface area is 186 Å². The number of nitrogens with zero attached hydrogens (tertiary/aromatic N) is 1. The molecule has 0 unspecified atom stereocenters. The molecule has 2 fully saturated rings. The average molecular weight is 444 g/mol. The van der Waals surface area contributed by atoms with E-state index < -0.39 is 41.2 Å². The first-order chi connectivity index (χ1) is 15.0. The largest absolute Gasteiger partial charge is 0.467 e. The van der Waals surface area contributed by atoms with Crippen molar-refractivity contribution in [1.29, 1.82) is 0 Å². The molecule has 0 spiro atoms. The van der Waals surface area contributed by atoms with Crippen LogP contribution in [0.5, 0.6) is 0 Å². The lowest BCUT2D eigenvalue weighted by atomic mass is 10.1. The highest BCUT2D eigenvalue weighted by Crippen LogP contribution is 2.40. The minimum Gasteiger partial charge on any atom is -0.467 e. The zero-order valence-corrected chi connectivity index (χ0v) is 18.7. The Morgan fingerprint density at radius 2 is 1.84 bits per heavy atom. The van der Waals surface area contributed by atoms with Gasteiger partial charge < -0.3 is 19.5 Å². The van der Waals surface area contributed by atoms with Gasteiger partial charge in [-0.2, -0.15) is 0 Å². The molecule has 1 atom stereocenters. The van der Waals surface area contributed by atoms with Gasteiger partial charge in [-0.15, -0.1) is 0 Å². The second-order valence-corrected chi connectivity index (χ2v) is 8.91. The van der Waals surface area contributed by atoms with Gasteiger partial charge in [0.25, 0.3) is 5.91 Å². The number of carbonyl (C=O) groups is 4. The SMILES string of the molecule is COC(=O)[C@@H]1C/C(=C\C2(NC(=O)OCc3ccccc3)CC2)C(=O)N1C(=O)OC(C)(C)C. The quantitative estimate of drug-likeness (QED) is 0.422. The van der Waals surface area contributed by atoms with Gasteiger partial charge >= 0.3 is 18.2 Å². The molecule has 1 N–H and O–H groups in total. The van der Waals surface area contributed by atoms with Gasteiger partial charge in [0, 0.05) is 12.0 Å². The summed E-state index contributed by atoms with van der Waals surface area (Å²) in [5.74, 6) is -1.35. The predicted octanol–water partition coefficient (Wildman–Crippen LogP) is 3.08. The smallest absolute Gasteiger partial charge is 0.418 e. The number of likely N-dealkylation sites (tertiary alicyclic amines) is 1. The van der Waals surface area contributed by atoms with E-state index in [2.05, 4.69) is 5.32 Å². The fourth-order valence-corrected chi connectivity index (χ4v) is 3.39. The van der Waals surface area contributed by atoms with Crippen molar-refractivity contribution in [2.24, 2.45) is 0 Å². The van der Waals surface area contributed by atoms with Crippen molar-refractivity contribution in [3.63, 3.8) is 0 Å². The number of hydrogen-bond donors (Lipinski definition) is 1. The number of carbonyl (C=O) groups excluding carboxylic acids is 4. The van der Waals surface area contributed by atoms with E-state index in [9.17, 15) is 19.2 Å². The number of nitrogens with one attached hydrogen (secondary N) is 1. The highest BCUT2D eigenvalue weighted by Gasteiger charge is 2.49. The minimum absolute atomic E-state index is 0.0206. The molecule has 172 valence electrons. The fraction of sp³-hybridized carbons (Fsp3) is 0.478. The van der Waals surface area contributed by atoms with Gasteiger partial charge in [-0.3, -0.25) is 4.79 Å². The first kappa shape index (κ1) is 23.3. The zero-order valence-electron chi connectivity index (χ0n) is 18.7. The molecule has 3 amide bonds. The molecule has 1 saturated heterocycles. The molecule has 0 aromatic heterocycles. The lowest BCUT2D eigenvalue weighted by molar-refractivity contribution is -0.148. The third-order valence-corrected chi connectivity index (χ3v) is 5.08. The molecule has 1 aliphatic carbocycles. The molecule has 2 aliphatic rings. The summed E-state index contributed by atoms with van der Waals surface area (Å²) in [5.41, 5.74) is -0.492. The van der Waals surface area contributed by atoms with E-state index in [-0.39, 0.29) is 18.6 Å². The van der Waals surface area contributed by atoms with Gasteiger partial charge in [-0.05, 0) is 39.2 Å². The van der Waals surface area contributed by atoms with Gasteiger partial charge in [-0.1, -0.05) is 36.4 Å². The lowest BCUT2D eigenvalue weighted by Crippen LogP contribution is -2.46. The van der Waals surface area contributed by atoms with E-state index >= 15 is 0 Å². The van der Waals surface area contributed by atoms with Crippen LogP contribution in [0.4, 0.5) is 9.59 Å². The first-order valence-corrected chi connectivity index (χ1v) is 10.4. The number of hydrogen-bond acceptors (Lipinski definition) is 7.